The molecule has 2 N–H and O–H groups in total. The predicted octanol–water partition coefficient (Wildman–Crippen LogP) is 5.26. The normalized spacial score (nSPS) is 20.8. The first-order chi connectivity index (χ1) is 16.9. The van der Waals surface area contributed by atoms with Crippen LogP contribution in [0, 0.1) is 5.92 Å². The minimum absolute atomic E-state index is 0.0188. The highest BCUT2D eigenvalue weighted by Gasteiger charge is 2.40. The molecule has 1 aromatic heterocycles. The number of anilines is 2. The maximum atomic E-state index is 13.2. The summed E-state index contributed by atoms with van der Waals surface area (Å²) in [5.74, 6) is 0.506. The summed E-state index contributed by atoms with van der Waals surface area (Å²) in [6, 6.07) is 9.12. The third-order valence-electron chi connectivity index (χ3n) is 6.95. The Morgan fingerprint density at radius 2 is 1.83 bits per heavy atom. The number of pyridine rings is 1. The van der Waals surface area contributed by atoms with E-state index in [1.165, 1.54) is 25.7 Å². The Bertz CT molecular complexity index is 1040. The smallest absolute Gasteiger partial charge is 0.315 e. The van der Waals surface area contributed by atoms with Crippen LogP contribution in [0.15, 0.2) is 36.5 Å². The van der Waals surface area contributed by atoms with Gasteiger partial charge in [-0.2, -0.15) is 0 Å². The zero-order valence-corrected chi connectivity index (χ0v) is 21.5. The van der Waals surface area contributed by atoms with Gasteiger partial charge in [0.1, 0.15) is 6.42 Å². The molecule has 2 fully saturated rings. The highest BCUT2D eigenvalue weighted by Crippen LogP contribution is 2.40. The van der Waals surface area contributed by atoms with E-state index in [1.54, 1.807) is 24.1 Å². The standard InChI is InChI=1S/C26H32Cl2N4O3/c1-2-35-25(34)13-24(33)31-15-21(11-17-5-3-4-6-17)32(26-22(29)12-20(28)14-30-26)23(16-31)18-7-9-19(27)10-8-18/h7-10,12,14,17,21,23H,2-6,11,13,15-16,29H2,1H3/t21-,23-/m0/s1. The van der Waals surface area contributed by atoms with Gasteiger partial charge in [-0.25, -0.2) is 4.98 Å². The fourth-order valence-corrected chi connectivity index (χ4v) is 5.67. The number of aromatic nitrogens is 1. The summed E-state index contributed by atoms with van der Waals surface area (Å²) in [7, 11) is 0. The number of piperazine rings is 1. The highest BCUT2D eigenvalue weighted by molar-refractivity contribution is 6.31. The van der Waals surface area contributed by atoms with Gasteiger partial charge in [0.15, 0.2) is 5.82 Å². The molecule has 188 valence electrons. The lowest BCUT2D eigenvalue weighted by Gasteiger charge is -2.48. The van der Waals surface area contributed by atoms with Gasteiger partial charge in [0.25, 0.3) is 0 Å². The Kier molecular flexibility index (Phi) is 8.39. The highest BCUT2D eigenvalue weighted by atomic mass is 35.5. The van der Waals surface area contributed by atoms with Crippen molar-refractivity contribution in [2.75, 3.05) is 30.3 Å². The van der Waals surface area contributed by atoms with Crippen molar-refractivity contribution in [1.29, 1.82) is 0 Å². The Hall–Kier alpha value is -2.51. The van der Waals surface area contributed by atoms with Crippen LogP contribution in [0.25, 0.3) is 0 Å². The van der Waals surface area contributed by atoms with Gasteiger partial charge in [0.2, 0.25) is 5.91 Å². The lowest BCUT2D eigenvalue weighted by Crippen LogP contribution is -2.57. The van der Waals surface area contributed by atoms with E-state index in [1.807, 2.05) is 24.3 Å². The molecule has 1 aliphatic heterocycles. The number of ether oxygens (including phenoxy) is 1. The fourth-order valence-electron chi connectivity index (χ4n) is 5.37. The second-order valence-electron chi connectivity index (χ2n) is 9.36. The van der Waals surface area contributed by atoms with Gasteiger partial charge in [-0.1, -0.05) is 61.0 Å². The van der Waals surface area contributed by atoms with Crippen molar-refractivity contribution in [3.05, 3.63) is 52.1 Å². The monoisotopic (exact) mass is 518 g/mol. The van der Waals surface area contributed by atoms with E-state index in [9.17, 15) is 9.59 Å². The third-order valence-corrected chi connectivity index (χ3v) is 7.41. The second-order valence-corrected chi connectivity index (χ2v) is 10.2. The van der Waals surface area contributed by atoms with E-state index >= 15 is 0 Å². The van der Waals surface area contributed by atoms with Crippen molar-refractivity contribution >= 4 is 46.6 Å². The molecular weight excluding hydrogens is 487 g/mol. The fraction of sp³-hybridized carbons (Fsp3) is 0.500. The number of benzene rings is 1. The van der Waals surface area contributed by atoms with E-state index in [4.69, 9.17) is 33.7 Å². The Morgan fingerprint density at radius 3 is 2.49 bits per heavy atom. The van der Waals surface area contributed by atoms with Crippen LogP contribution in [0.1, 0.15) is 57.1 Å². The number of nitrogens with two attached hydrogens (primary N) is 1. The summed E-state index contributed by atoms with van der Waals surface area (Å²) in [5, 5.41) is 1.11. The van der Waals surface area contributed by atoms with Crippen molar-refractivity contribution in [1.82, 2.24) is 9.88 Å². The van der Waals surface area contributed by atoms with Crippen LogP contribution < -0.4 is 10.6 Å². The molecule has 35 heavy (non-hydrogen) atoms. The van der Waals surface area contributed by atoms with Crippen LogP contribution in [0.5, 0.6) is 0 Å². The maximum Gasteiger partial charge on any atom is 0.315 e. The lowest BCUT2D eigenvalue weighted by atomic mass is 9.91. The number of nitrogen functional groups attached to an aromatic ring is 1. The van der Waals surface area contributed by atoms with Crippen LogP contribution in [-0.4, -0.2) is 47.5 Å². The quantitative estimate of drug-likeness (QED) is 0.397. The van der Waals surface area contributed by atoms with Gasteiger partial charge >= 0.3 is 5.97 Å². The van der Waals surface area contributed by atoms with Gasteiger partial charge in [0, 0.05) is 30.4 Å². The molecule has 2 aliphatic rings. The van der Waals surface area contributed by atoms with Crippen molar-refractivity contribution < 1.29 is 14.3 Å². The van der Waals surface area contributed by atoms with Crippen molar-refractivity contribution in [2.45, 2.75) is 57.5 Å². The van der Waals surface area contributed by atoms with E-state index in [0.29, 0.717) is 40.6 Å². The molecule has 0 spiro atoms. The molecule has 1 saturated carbocycles. The molecule has 1 aromatic carbocycles. The summed E-state index contributed by atoms with van der Waals surface area (Å²) < 4.78 is 5.03. The molecule has 1 amide bonds. The van der Waals surface area contributed by atoms with Crippen LogP contribution in [-0.2, 0) is 14.3 Å². The van der Waals surface area contributed by atoms with E-state index in [0.717, 1.165) is 12.0 Å². The van der Waals surface area contributed by atoms with Crippen molar-refractivity contribution in [2.24, 2.45) is 5.92 Å². The number of hydrogen-bond acceptors (Lipinski definition) is 6. The van der Waals surface area contributed by atoms with Gasteiger partial charge in [0.05, 0.1) is 23.4 Å². The minimum atomic E-state index is -0.501. The van der Waals surface area contributed by atoms with Crippen LogP contribution in [0.2, 0.25) is 10.0 Å². The first kappa shape index (κ1) is 25.6. The van der Waals surface area contributed by atoms with Crippen molar-refractivity contribution in [3.8, 4) is 0 Å². The molecule has 2 aromatic rings. The molecule has 0 radical (unpaired) electrons. The lowest BCUT2D eigenvalue weighted by molar-refractivity contribution is -0.149. The molecular formula is C26H32Cl2N4O3. The van der Waals surface area contributed by atoms with E-state index in [2.05, 4.69) is 9.88 Å². The summed E-state index contributed by atoms with van der Waals surface area (Å²) in [6.07, 6.45) is 7.06. The van der Waals surface area contributed by atoms with Gasteiger partial charge < -0.3 is 20.3 Å². The van der Waals surface area contributed by atoms with Crippen molar-refractivity contribution in [3.63, 3.8) is 0 Å². The number of nitrogens with zero attached hydrogens (tertiary/aromatic N) is 3. The summed E-state index contributed by atoms with van der Waals surface area (Å²) >= 11 is 12.3. The number of esters is 1. The number of hydrogen-bond donors (Lipinski definition) is 1. The number of halogens is 2. The molecule has 9 heteroatoms. The third kappa shape index (κ3) is 6.19. The molecule has 1 aliphatic carbocycles. The number of carbonyl (C=O) groups excluding carboxylic acids is 2. The van der Waals surface area contributed by atoms with E-state index in [-0.39, 0.29) is 31.0 Å². The summed E-state index contributed by atoms with van der Waals surface area (Å²) in [4.78, 5) is 33.9. The van der Waals surface area contributed by atoms with Crippen LogP contribution in [0.4, 0.5) is 11.5 Å². The van der Waals surface area contributed by atoms with Gasteiger partial charge in [-0.15, -0.1) is 0 Å². The summed E-state index contributed by atoms with van der Waals surface area (Å²) in [5.41, 5.74) is 7.92. The maximum absolute atomic E-state index is 13.2. The molecule has 2 atom stereocenters. The average Bonchev–Trinajstić information content (AvgIpc) is 3.33. The molecule has 0 bridgehead atoms. The van der Waals surface area contributed by atoms with Gasteiger partial charge in [-0.05, 0) is 43.0 Å². The number of rotatable bonds is 7. The molecule has 2 heterocycles. The van der Waals surface area contributed by atoms with Gasteiger partial charge in [-0.3, -0.25) is 9.59 Å². The van der Waals surface area contributed by atoms with E-state index < -0.39 is 5.97 Å². The molecule has 0 unspecified atom stereocenters. The Morgan fingerprint density at radius 1 is 1.11 bits per heavy atom. The average molecular weight is 519 g/mol. The minimum Gasteiger partial charge on any atom is -0.466 e. The number of carbonyl (C=O) groups is 2. The SMILES string of the molecule is CCOC(=O)CC(=O)N1C[C@H](CC2CCCC2)N(c2ncc(Cl)cc2N)[C@H](c2ccc(Cl)cc2)C1. The zero-order chi connectivity index (χ0) is 24.9. The predicted molar refractivity (Wildman–Crippen MR) is 139 cm³/mol. The first-order valence-corrected chi connectivity index (χ1v) is 13.0. The topological polar surface area (TPSA) is 88.8 Å². The Labute approximate surface area is 216 Å². The first-order valence-electron chi connectivity index (χ1n) is 12.2. The molecule has 1 saturated heterocycles. The zero-order valence-electron chi connectivity index (χ0n) is 20.0. The Balaban J connectivity index is 1.72. The molecule has 7 nitrogen and oxygen atoms in total. The summed E-state index contributed by atoms with van der Waals surface area (Å²) in [6.45, 7) is 2.87. The van der Waals surface area contributed by atoms with Crippen LogP contribution in [0.3, 0.4) is 0 Å². The number of amides is 1. The van der Waals surface area contributed by atoms with Crippen LogP contribution >= 0.6 is 23.2 Å². The second kappa shape index (κ2) is 11.5. The molecule has 4 rings (SSSR count). The largest absolute Gasteiger partial charge is 0.466 e.